The Balaban J connectivity index is 3.06. The molecule has 0 spiro atoms. The molecule has 0 aliphatic rings. The summed E-state index contributed by atoms with van der Waals surface area (Å²) in [7, 11) is -3.74. The van der Waals surface area contributed by atoms with E-state index in [-0.39, 0.29) is 36.1 Å². The minimum absolute atomic E-state index is 0.0244. The van der Waals surface area contributed by atoms with E-state index in [1.54, 1.807) is 6.92 Å². The average molecular weight is 310 g/mol. The van der Waals surface area contributed by atoms with E-state index in [2.05, 4.69) is 10.6 Å². The molecule has 21 heavy (non-hydrogen) atoms. The highest BCUT2D eigenvalue weighted by Gasteiger charge is 2.18. The highest BCUT2D eigenvalue weighted by Crippen LogP contribution is 2.13. The summed E-state index contributed by atoms with van der Waals surface area (Å²) in [5.41, 5.74) is 0.244. The molecular weight excluding hydrogens is 292 g/mol. The van der Waals surface area contributed by atoms with E-state index < -0.39 is 10.0 Å². The number of hydrogen-bond acceptors (Lipinski definition) is 4. The van der Waals surface area contributed by atoms with Gasteiger partial charge in [0.1, 0.15) is 0 Å². The molecule has 1 rings (SSSR count). The average Bonchev–Trinajstić information content (AvgIpc) is 2.50. The predicted molar refractivity (Wildman–Crippen MR) is 79.1 cm³/mol. The number of likely N-dealkylation sites (N-methyl/N-ethyl adjacent to an activating group) is 1. The Morgan fingerprint density at radius 1 is 1.48 bits per heavy atom. The lowest BCUT2D eigenvalue weighted by Crippen LogP contribution is -2.33. The number of nitrogens with one attached hydrogen (secondary N) is 1. The molecule has 0 aliphatic heterocycles. The molecular formula is C14H18N2O4S. The smallest absolute Gasteiger partial charge is 0.253 e. The van der Waals surface area contributed by atoms with Crippen molar-refractivity contribution in [2.45, 2.75) is 11.8 Å². The highest BCUT2D eigenvalue weighted by atomic mass is 32.2. The van der Waals surface area contributed by atoms with Crippen molar-refractivity contribution in [2.24, 2.45) is 0 Å². The van der Waals surface area contributed by atoms with Gasteiger partial charge in [-0.15, -0.1) is 6.42 Å². The Morgan fingerprint density at radius 2 is 2.19 bits per heavy atom. The topological polar surface area (TPSA) is 86.7 Å². The van der Waals surface area contributed by atoms with Gasteiger partial charge in [-0.1, -0.05) is 12.0 Å². The van der Waals surface area contributed by atoms with Crippen LogP contribution in [0.5, 0.6) is 0 Å². The van der Waals surface area contributed by atoms with Crippen molar-refractivity contribution in [3.05, 3.63) is 29.8 Å². The maximum atomic E-state index is 12.2. The maximum Gasteiger partial charge on any atom is 0.253 e. The van der Waals surface area contributed by atoms with Gasteiger partial charge in [0.15, 0.2) is 0 Å². The third-order valence-corrected chi connectivity index (χ3v) is 4.19. The van der Waals surface area contributed by atoms with Gasteiger partial charge in [-0.3, -0.25) is 4.79 Å². The van der Waals surface area contributed by atoms with E-state index in [4.69, 9.17) is 11.5 Å². The lowest BCUT2D eigenvalue weighted by Gasteiger charge is -2.19. The van der Waals surface area contributed by atoms with Gasteiger partial charge in [0.2, 0.25) is 10.0 Å². The van der Waals surface area contributed by atoms with Crippen LogP contribution in [0, 0.1) is 12.3 Å². The third-order valence-electron chi connectivity index (χ3n) is 2.79. The monoisotopic (exact) mass is 310 g/mol. The van der Waals surface area contributed by atoms with Crippen LogP contribution in [0.3, 0.4) is 0 Å². The number of benzene rings is 1. The quantitative estimate of drug-likeness (QED) is 0.697. The summed E-state index contributed by atoms with van der Waals surface area (Å²) in [6.45, 7) is 2.13. The zero-order chi connectivity index (χ0) is 15.9. The van der Waals surface area contributed by atoms with Crippen molar-refractivity contribution < 1.29 is 18.3 Å². The SMILES string of the molecule is C#CCNS(=O)(=O)c1cccc(C(=O)N(CC)CCO)c1. The molecule has 0 fully saturated rings. The van der Waals surface area contributed by atoms with Crippen LogP contribution >= 0.6 is 0 Å². The summed E-state index contributed by atoms with van der Waals surface area (Å²) >= 11 is 0. The van der Waals surface area contributed by atoms with Crippen LogP contribution in [0.15, 0.2) is 29.2 Å². The molecule has 0 bridgehead atoms. The molecule has 1 aromatic carbocycles. The molecule has 2 N–H and O–H groups in total. The number of carbonyl (C=O) groups excluding carboxylic acids is 1. The van der Waals surface area contributed by atoms with Crippen LogP contribution in [0.1, 0.15) is 17.3 Å². The Labute approximate surface area is 124 Å². The fourth-order valence-corrected chi connectivity index (χ4v) is 2.70. The van der Waals surface area contributed by atoms with E-state index in [1.165, 1.54) is 29.2 Å². The molecule has 0 radical (unpaired) electrons. The van der Waals surface area contributed by atoms with E-state index in [0.717, 1.165) is 0 Å². The van der Waals surface area contributed by atoms with E-state index in [0.29, 0.717) is 6.54 Å². The van der Waals surface area contributed by atoms with Crippen LogP contribution in [-0.2, 0) is 10.0 Å². The van der Waals surface area contributed by atoms with Gasteiger partial charge in [-0.2, -0.15) is 4.72 Å². The lowest BCUT2D eigenvalue weighted by molar-refractivity contribution is 0.0731. The first kappa shape index (κ1) is 17.2. The van der Waals surface area contributed by atoms with Crippen molar-refractivity contribution >= 4 is 15.9 Å². The predicted octanol–water partition coefficient (Wildman–Crippen LogP) is 0.0525. The lowest BCUT2D eigenvalue weighted by atomic mass is 10.2. The second-order valence-electron chi connectivity index (χ2n) is 4.16. The number of rotatable bonds is 7. The number of nitrogens with zero attached hydrogens (tertiary/aromatic N) is 1. The second-order valence-corrected chi connectivity index (χ2v) is 5.93. The van der Waals surface area contributed by atoms with E-state index >= 15 is 0 Å². The van der Waals surface area contributed by atoms with Crippen LogP contribution in [0.2, 0.25) is 0 Å². The third kappa shape index (κ3) is 4.56. The Morgan fingerprint density at radius 3 is 2.76 bits per heavy atom. The number of aliphatic hydroxyl groups excluding tert-OH is 1. The highest BCUT2D eigenvalue weighted by molar-refractivity contribution is 7.89. The minimum Gasteiger partial charge on any atom is -0.395 e. The van der Waals surface area contributed by atoms with Gasteiger partial charge in [0.05, 0.1) is 18.0 Å². The van der Waals surface area contributed by atoms with Crippen LogP contribution in [0.25, 0.3) is 0 Å². The summed E-state index contributed by atoms with van der Waals surface area (Å²) in [4.78, 5) is 13.6. The van der Waals surface area contributed by atoms with Gasteiger partial charge < -0.3 is 10.0 Å². The standard InChI is InChI=1S/C14H18N2O4S/c1-3-8-15-21(19,20)13-7-5-6-12(11-13)14(18)16(4-2)9-10-17/h1,5-7,11,15,17H,4,8-10H2,2H3. The maximum absolute atomic E-state index is 12.2. The van der Waals surface area contributed by atoms with E-state index in [1.807, 2.05) is 0 Å². The Hall–Kier alpha value is -1.88. The molecule has 114 valence electrons. The molecule has 0 saturated carbocycles. The zero-order valence-electron chi connectivity index (χ0n) is 11.7. The summed E-state index contributed by atoms with van der Waals surface area (Å²) in [6, 6.07) is 5.70. The zero-order valence-corrected chi connectivity index (χ0v) is 12.6. The number of amides is 1. The number of hydrogen-bond donors (Lipinski definition) is 2. The van der Waals surface area contributed by atoms with Crippen molar-refractivity contribution in [3.63, 3.8) is 0 Å². The molecule has 0 heterocycles. The largest absolute Gasteiger partial charge is 0.395 e. The van der Waals surface area contributed by atoms with E-state index in [9.17, 15) is 13.2 Å². The normalized spacial score (nSPS) is 10.9. The van der Waals surface area contributed by atoms with Crippen molar-refractivity contribution in [2.75, 3.05) is 26.2 Å². The second kappa shape index (κ2) is 7.78. The summed E-state index contributed by atoms with van der Waals surface area (Å²) in [5.74, 6) is 1.85. The van der Waals surface area contributed by atoms with Gasteiger partial charge in [-0.05, 0) is 25.1 Å². The number of sulfonamides is 1. The van der Waals surface area contributed by atoms with Crippen molar-refractivity contribution in [3.8, 4) is 12.3 Å². The summed E-state index contributed by atoms with van der Waals surface area (Å²) in [6.07, 6.45) is 5.02. The van der Waals surface area contributed by atoms with Crippen LogP contribution in [0.4, 0.5) is 0 Å². The molecule has 7 heteroatoms. The van der Waals surface area contributed by atoms with Gasteiger partial charge >= 0.3 is 0 Å². The number of aliphatic hydroxyl groups is 1. The van der Waals surface area contributed by atoms with Crippen molar-refractivity contribution in [1.29, 1.82) is 0 Å². The molecule has 0 aliphatic carbocycles. The molecule has 1 aromatic rings. The Kier molecular flexibility index (Phi) is 6.37. The van der Waals surface area contributed by atoms with Crippen molar-refractivity contribution in [1.82, 2.24) is 9.62 Å². The fraction of sp³-hybridized carbons (Fsp3) is 0.357. The van der Waals surface area contributed by atoms with Gasteiger partial charge in [-0.25, -0.2) is 8.42 Å². The first-order chi connectivity index (χ1) is 9.96. The number of carbonyl (C=O) groups is 1. The van der Waals surface area contributed by atoms with Crippen LogP contribution in [-0.4, -0.2) is 50.6 Å². The first-order valence-electron chi connectivity index (χ1n) is 6.39. The van der Waals surface area contributed by atoms with Crippen LogP contribution < -0.4 is 4.72 Å². The summed E-state index contributed by atoms with van der Waals surface area (Å²) in [5, 5.41) is 8.93. The fourth-order valence-electron chi connectivity index (χ4n) is 1.72. The molecule has 0 aromatic heterocycles. The Bertz CT molecular complexity index is 635. The van der Waals surface area contributed by atoms with Gasteiger partial charge in [0.25, 0.3) is 5.91 Å². The molecule has 0 unspecified atom stereocenters. The molecule has 6 nitrogen and oxygen atoms in total. The molecule has 1 amide bonds. The summed E-state index contributed by atoms with van der Waals surface area (Å²) < 4.78 is 26.1. The minimum atomic E-state index is -3.74. The first-order valence-corrected chi connectivity index (χ1v) is 7.88. The number of terminal acetylenes is 1. The molecule has 0 atom stereocenters. The molecule has 0 saturated heterocycles. The van der Waals surface area contributed by atoms with Gasteiger partial charge in [0, 0.05) is 18.7 Å².